The molecule has 0 saturated carbocycles. The third-order valence-corrected chi connectivity index (χ3v) is 4.99. The maximum atomic E-state index is 13.1. The Morgan fingerprint density at radius 1 is 1.30 bits per heavy atom. The molecule has 124 valence electrons. The summed E-state index contributed by atoms with van der Waals surface area (Å²) >= 11 is 0. The topological polar surface area (TPSA) is 46.9 Å². The molecule has 0 aliphatic carbocycles. The highest BCUT2D eigenvalue weighted by Gasteiger charge is 2.21. The minimum absolute atomic E-state index is 0.135. The molecule has 2 unspecified atom stereocenters. The smallest absolute Gasteiger partial charge is 0.261 e. The number of aromatic nitrogens is 2. The molecule has 1 fully saturated rings. The van der Waals surface area contributed by atoms with Crippen LogP contribution in [0.3, 0.4) is 0 Å². The lowest BCUT2D eigenvalue weighted by Gasteiger charge is -2.16. The van der Waals surface area contributed by atoms with Gasteiger partial charge >= 0.3 is 0 Å². The first-order valence-electron chi connectivity index (χ1n) is 8.88. The summed E-state index contributed by atoms with van der Waals surface area (Å²) < 4.78 is 1.91. The van der Waals surface area contributed by atoms with Gasteiger partial charge in [0.1, 0.15) is 5.82 Å². The molecular formula is C19H27N3O. The molecule has 2 heterocycles. The molecule has 2 aromatic rings. The summed E-state index contributed by atoms with van der Waals surface area (Å²) in [6.45, 7) is 8.30. The van der Waals surface area contributed by atoms with Crippen LogP contribution in [0.25, 0.3) is 10.9 Å². The van der Waals surface area contributed by atoms with Gasteiger partial charge in [0.2, 0.25) is 0 Å². The molecule has 1 aliphatic rings. The van der Waals surface area contributed by atoms with E-state index in [9.17, 15) is 4.79 Å². The van der Waals surface area contributed by atoms with Gasteiger partial charge in [-0.3, -0.25) is 9.36 Å². The Labute approximate surface area is 137 Å². The zero-order valence-electron chi connectivity index (χ0n) is 14.4. The summed E-state index contributed by atoms with van der Waals surface area (Å²) in [6, 6.07) is 6.53. The number of hydrogen-bond donors (Lipinski definition) is 1. The summed E-state index contributed by atoms with van der Waals surface area (Å²) in [4.78, 5) is 17.8. The Balaban J connectivity index is 1.97. The van der Waals surface area contributed by atoms with E-state index in [4.69, 9.17) is 4.98 Å². The van der Waals surface area contributed by atoms with E-state index in [0.29, 0.717) is 6.04 Å². The van der Waals surface area contributed by atoms with Crippen LogP contribution in [0, 0.1) is 5.92 Å². The van der Waals surface area contributed by atoms with Gasteiger partial charge in [0.25, 0.3) is 5.56 Å². The van der Waals surface area contributed by atoms with Crippen LogP contribution in [0.1, 0.15) is 45.0 Å². The third kappa shape index (κ3) is 3.18. The number of hydrogen-bond acceptors (Lipinski definition) is 3. The van der Waals surface area contributed by atoms with Gasteiger partial charge in [0.05, 0.1) is 10.9 Å². The SMILES string of the molecule is CCc1cccc2nc(CC)n(CCC3CC(C)CN3)c(=O)c12. The maximum Gasteiger partial charge on any atom is 0.261 e. The number of nitrogens with zero attached hydrogens (tertiary/aromatic N) is 2. The van der Waals surface area contributed by atoms with E-state index in [2.05, 4.69) is 26.1 Å². The predicted molar refractivity (Wildman–Crippen MR) is 94.9 cm³/mol. The zero-order chi connectivity index (χ0) is 16.4. The highest BCUT2D eigenvalue weighted by molar-refractivity contribution is 5.81. The monoisotopic (exact) mass is 313 g/mol. The average Bonchev–Trinajstić information content (AvgIpc) is 2.98. The van der Waals surface area contributed by atoms with E-state index in [1.807, 2.05) is 22.8 Å². The second-order valence-electron chi connectivity index (χ2n) is 6.74. The van der Waals surface area contributed by atoms with Gasteiger partial charge in [-0.25, -0.2) is 4.98 Å². The van der Waals surface area contributed by atoms with Crippen molar-refractivity contribution in [2.24, 2.45) is 5.92 Å². The molecule has 1 aromatic heterocycles. The molecule has 3 rings (SSSR count). The van der Waals surface area contributed by atoms with Crippen molar-refractivity contribution < 1.29 is 0 Å². The minimum Gasteiger partial charge on any atom is -0.314 e. The van der Waals surface area contributed by atoms with Crippen LogP contribution in [0.15, 0.2) is 23.0 Å². The fraction of sp³-hybridized carbons (Fsp3) is 0.579. The van der Waals surface area contributed by atoms with Crippen molar-refractivity contribution in [1.82, 2.24) is 14.9 Å². The van der Waals surface area contributed by atoms with Crippen molar-refractivity contribution >= 4 is 10.9 Å². The van der Waals surface area contributed by atoms with Gasteiger partial charge in [-0.05, 0) is 43.4 Å². The Kier molecular flexibility index (Phi) is 4.81. The predicted octanol–water partition coefficient (Wildman–Crippen LogP) is 2.91. The Hall–Kier alpha value is -1.68. The molecule has 0 bridgehead atoms. The molecule has 0 radical (unpaired) electrons. The van der Waals surface area contributed by atoms with E-state index >= 15 is 0 Å². The molecule has 0 amide bonds. The second kappa shape index (κ2) is 6.83. The first kappa shape index (κ1) is 16.2. The fourth-order valence-electron chi connectivity index (χ4n) is 3.70. The van der Waals surface area contributed by atoms with Crippen LogP contribution >= 0.6 is 0 Å². The van der Waals surface area contributed by atoms with Crippen molar-refractivity contribution in [3.05, 3.63) is 39.9 Å². The van der Waals surface area contributed by atoms with Crippen molar-refractivity contribution in [2.45, 2.75) is 59.0 Å². The van der Waals surface area contributed by atoms with Crippen molar-refractivity contribution in [1.29, 1.82) is 0 Å². The largest absolute Gasteiger partial charge is 0.314 e. The first-order chi connectivity index (χ1) is 11.1. The lowest BCUT2D eigenvalue weighted by Crippen LogP contribution is -2.30. The van der Waals surface area contributed by atoms with Crippen LogP contribution in [0.2, 0.25) is 0 Å². The van der Waals surface area contributed by atoms with Crippen molar-refractivity contribution in [3.63, 3.8) is 0 Å². The van der Waals surface area contributed by atoms with Crippen LogP contribution in [0.4, 0.5) is 0 Å². The maximum absolute atomic E-state index is 13.1. The van der Waals surface area contributed by atoms with Crippen LogP contribution in [-0.4, -0.2) is 22.1 Å². The quantitative estimate of drug-likeness (QED) is 0.923. The van der Waals surface area contributed by atoms with Gasteiger partial charge < -0.3 is 5.32 Å². The summed E-state index contributed by atoms with van der Waals surface area (Å²) in [5.74, 6) is 1.64. The number of nitrogens with one attached hydrogen (secondary N) is 1. The molecule has 1 aliphatic heterocycles. The van der Waals surface area contributed by atoms with Crippen LogP contribution in [0.5, 0.6) is 0 Å². The Bertz CT molecular complexity index is 750. The minimum atomic E-state index is 0.135. The van der Waals surface area contributed by atoms with Crippen molar-refractivity contribution in [2.75, 3.05) is 6.54 Å². The standard InChI is InChI=1S/C19H27N3O/c1-4-14-7-6-8-16-18(14)19(23)22(17(5-2)21-16)10-9-15-11-13(3)12-20-15/h6-8,13,15,20H,4-5,9-12H2,1-3H3. The number of rotatable bonds is 5. The lowest BCUT2D eigenvalue weighted by atomic mass is 10.1. The van der Waals surface area contributed by atoms with E-state index in [0.717, 1.165) is 60.6 Å². The van der Waals surface area contributed by atoms with Crippen LogP contribution in [-0.2, 0) is 19.4 Å². The van der Waals surface area contributed by atoms with Gasteiger partial charge in [-0.1, -0.05) is 32.9 Å². The van der Waals surface area contributed by atoms with Gasteiger partial charge in [-0.15, -0.1) is 0 Å². The normalized spacial score (nSPS) is 21.2. The molecule has 4 heteroatoms. The third-order valence-electron chi connectivity index (χ3n) is 4.99. The molecule has 2 atom stereocenters. The molecular weight excluding hydrogens is 286 g/mol. The Morgan fingerprint density at radius 2 is 2.13 bits per heavy atom. The lowest BCUT2D eigenvalue weighted by molar-refractivity contribution is 0.479. The van der Waals surface area contributed by atoms with Gasteiger partial charge in [0, 0.05) is 19.0 Å². The zero-order valence-corrected chi connectivity index (χ0v) is 14.4. The fourth-order valence-corrected chi connectivity index (χ4v) is 3.70. The van der Waals surface area contributed by atoms with Gasteiger partial charge in [-0.2, -0.15) is 0 Å². The van der Waals surface area contributed by atoms with Crippen LogP contribution < -0.4 is 10.9 Å². The van der Waals surface area contributed by atoms with E-state index in [1.54, 1.807) is 0 Å². The van der Waals surface area contributed by atoms with E-state index in [-0.39, 0.29) is 5.56 Å². The summed E-state index contributed by atoms with van der Waals surface area (Å²) in [5, 5.41) is 4.36. The van der Waals surface area contributed by atoms with E-state index in [1.165, 1.54) is 6.42 Å². The molecule has 1 N–H and O–H groups in total. The molecule has 4 nitrogen and oxygen atoms in total. The van der Waals surface area contributed by atoms with Gasteiger partial charge in [0.15, 0.2) is 0 Å². The molecule has 23 heavy (non-hydrogen) atoms. The molecule has 0 spiro atoms. The first-order valence-corrected chi connectivity index (χ1v) is 8.88. The summed E-state index contributed by atoms with van der Waals surface area (Å²) in [7, 11) is 0. The van der Waals surface area contributed by atoms with E-state index < -0.39 is 0 Å². The number of fused-ring (bicyclic) bond motifs is 1. The molecule has 1 saturated heterocycles. The summed E-state index contributed by atoms with van der Waals surface area (Å²) in [6.07, 6.45) is 3.85. The van der Waals surface area contributed by atoms with Crippen molar-refractivity contribution in [3.8, 4) is 0 Å². The average molecular weight is 313 g/mol. The molecule has 1 aromatic carbocycles. The second-order valence-corrected chi connectivity index (χ2v) is 6.74. The highest BCUT2D eigenvalue weighted by atomic mass is 16.1. The number of benzene rings is 1. The highest BCUT2D eigenvalue weighted by Crippen LogP contribution is 2.18. The number of aryl methyl sites for hydroxylation is 2. The summed E-state index contributed by atoms with van der Waals surface area (Å²) in [5.41, 5.74) is 2.08. The Morgan fingerprint density at radius 3 is 2.78 bits per heavy atom.